The van der Waals surface area contributed by atoms with Crippen LogP contribution in [0.25, 0.3) is 0 Å². The summed E-state index contributed by atoms with van der Waals surface area (Å²) in [7, 11) is 2.80. The van der Waals surface area contributed by atoms with E-state index in [1.165, 1.54) is 35.1 Å². The highest BCUT2D eigenvalue weighted by atomic mass is 32.1. The van der Waals surface area contributed by atoms with E-state index in [1.807, 2.05) is 11.3 Å². The molecule has 2 rings (SSSR count). The third kappa shape index (κ3) is 2.58. The molecule has 0 fully saturated rings. The molecular weight excluding hydrogens is 223 g/mol. The molecule has 0 saturated carbocycles. The Morgan fingerprint density at radius 3 is 3.00 bits per heavy atom. The van der Waals surface area contributed by atoms with Crippen molar-refractivity contribution in [2.24, 2.45) is 0 Å². The number of hydrogen-bond acceptors (Lipinski definition) is 3. The summed E-state index contributed by atoms with van der Waals surface area (Å²) in [4.78, 5) is 8.78. The van der Waals surface area contributed by atoms with Gasteiger partial charge in [-0.05, 0) is 12.6 Å². The Morgan fingerprint density at radius 1 is 1.53 bits per heavy atom. The highest BCUT2D eigenvalue weighted by molar-refractivity contribution is 7.16. The first-order valence-corrected chi connectivity index (χ1v) is 7.25. The fourth-order valence-electron chi connectivity index (χ4n) is 1.89. The molecule has 15 heavy (non-hydrogen) atoms. The Balaban J connectivity index is 2.12. The second-order valence-electron chi connectivity index (χ2n) is 4.39. The number of thiazole rings is 1. The molecule has 1 atom stereocenters. The first-order chi connectivity index (χ1) is 7.20. The van der Waals surface area contributed by atoms with Gasteiger partial charge in [0.25, 0.3) is 0 Å². The molecule has 1 aromatic heterocycles. The Hall–Kier alpha value is 0.0200. The zero-order valence-electron chi connectivity index (χ0n) is 9.49. The van der Waals surface area contributed by atoms with Crippen molar-refractivity contribution in [3.05, 3.63) is 15.6 Å². The van der Waals surface area contributed by atoms with E-state index in [2.05, 4.69) is 28.0 Å². The molecule has 1 aromatic rings. The molecule has 2 nitrogen and oxygen atoms in total. The molecule has 1 unspecified atom stereocenters. The zero-order valence-corrected chi connectivity index (χ0v) is 11.5. The molecular formula is C11H19N2PS. The van der Waals surface area contributed by atoms with Crippen LogP contribution in [0.2, 0.25) is 0 Å². The van der Waals surface area contributed by atoms with E-state index in [0.29, 0.717) is 5.92 Å². The molecule has 2 heterocycles. The Labute approximate surface area is 98.3 Å². The summed E-state index contributed by atoms with van der Waals surface area (Å²) in [5, 5.41) is 1.31. The first kappa shape index (κ1) is 11.5. The van der Waals surface area contributed by atoms with Crippen molar-refractivity contribution in [1.82, 2.24) is 9.88 Å². The van der Waals surface area contributed by atoms with Crippen molar-refractivity contribution < 1.29 is 0 Å². The number of hydrogen-bond donors (Lipinski definition) is 0. The van der Waals surface area contributed by atoms with Gasteiger partial charge >= 0.3 is 0 Å². The Morgan fingerprint density at radius 2 is 2.33 bits per heavy atom. The lowest BCUT2D eigenvalue weighted by molar-refractivity contribution is 0.268. The Kier molecular flexibility index (Phi) is 3.76. The van der Waals surface area contributed by atoms with Gasteiger partial charge < -0.3 is 0 Å². The third-order valence-electron chi connectivity index (χ3n) is 2.76. The van der Waals surface area contributed by atoms with Crippen molar-refractivity contribution in [2.75, 3.05) is 19.3 Å². The van der Waals surface area contributed by atoms with Gasteiger partial charge in [-0.25, -0.2) is 4.98 Å². The fourth-order valence-corrected chi connectivity index (χ4v) is 3.32. The summed E-state index contributed by atoms with van der Waals surface area (Å²) in [5.41, 5.74) is 1.34. The lowest BCUT2D eigenvalue weighted by atomic mass is 10.2. The third-order valence-corrected chi connectivity index (χ3v) is 4.48. The van der Waals surface area contributed by atoms with Crippen LogP contribution in [0.5, 0.6) is 0 Å². The molecule has 1 aliphatic heterocycles. The number of aromatic nitrogens is 1. The zero-order chi connectivity index (χ0) is 10.8. The molecule has 1 aliphatic rings. The molecule has 0 amide bonds. The maximum Gasteiger partial charge on any atom is 0.0957 e. The van der Waals surface area contributed by atoms with Crippen LogP contribution in [0.1, 0.15) is 35.3 Å². The lowest BCUT2D eigenvalue weighted by Crippen LogP contribution is -2.31. The van der Waals surface area contributed by atoms with Crippen LogP contribution in [-0.4, -0.2) is 29.1 Å². The van der Waals surface area contributed by atoms with E-state index >= 15 is 0 Å². The summed E-state index contributed by atoms with van der Waals surface area (Å²) < 4.78 is 0. The normalized spacial score (nSPS) is 17.1. The van der Waals surface area contributed by atoms with Gasteiger partial charge in [-0.15, -0.1) is 20.6 Å². The second kappa shape index (κ2) is 4.90. The van der Waals surface area contributed by atoms with Crippen LogP contribution in [0, 0.1) is 0 Å². The highest BCUT2D eigenvalue weighted by Gasteiger charge is 2.20. The van der Waals surface area contributed by atoms with Crippen LogP contribution in [0.15, 0.2) is 0 Å². The van der Waals surface area contributed by atoms with Gasteiger partial charge in [0.05, 0.1) is 10.7 Å². The van der Waals surface area contributed by atoms with Gasteiger partial charge in [-0.2, -0.15) is 0 Å². The van der Waals surface area contributed by atoms with E-state index in [-0.39, 0.29) is 0 Å². The van der Waals surface area contributed by atoms with Crippen molar-refractivity contribution >= 4 is 20.6 Å². The first-order valence-electron chi connectivity index (χ1n) is 5.61. The minimum Gasteiger partial charge on any atom is -0.297 e. The van der Waals surface area contributed by atoms with E-state index in [4.69, 9.17) is 4.98 Å². The van der Waals surface area contributed by atoms with Gasteiger partial charge in [0.2, 0.25) is 0 Å². The molecule has 0 bridgehead atoms. The molecule has 0 spiro atoms. The molecule has 0 radical (unpaired) electrons. The van der Waals surface area contributed by atoms with Crippen LogP contribution >= 0.6 is 20.6 Å². The number of rotatable bonds is 3. The van der Waals surface area contributed by atoms with Gasteiger partial charge in [-0.1, -0.05) is 13.8 Å². The van der Waals surface area contributed by atoms with Gasteiger partial charge in [0, 0.05) is 30.4 Å². The van der Waals surface area contributed by atoms with Crippen molar-refractivity contribution in [3.8, 4) is 0 Å². The van der Waals surface area contributed by atoms with Gasteiger partial charge in [-0.3, -0.25) is 4.90 Å². The SMILES string of the molecule is CC(C)c1nc2c(s1)CCN(CCP)C2. The van der Waals surface area contributed by atoms with Gasteiger partial charge in [0.15, 0.2) is 0 Å². The minimum absolute atomic E-state index is 0.579. The second-order valence-corrected chi connectivity index (χ2v) is 6.08. The number of nitrogens with zero attached hydrogens (tertiary/aromatic N) is 2. The van der Waals surface area contributed by atoms with E-state index in [0.717, 1.165) is 12.7 Å². The fraction of sp³-hybridized carbons (Fsp3) is 0.727. The molecule has 0 N–H and O–H groups in total. The monoisotopic (exact) mass is 242 g/mol. The summed E-state index contributed by atoms with van der Waals surface area (Å²) in [5.74, 6) is 0.579. The summed E-state index contributed by atoms with van der Waals surface area (Å²) >= 11 is 1.92. The quantitative estimate of drug-likeness (QED) is 0.757. The molecule has 0 saturated heterocycles. The summed E-state index contributed by atoms with van der Waals surface area (Å²) in [6.45, 7) is 7.90. The van der Waals surface area contributed by atoms with Crippen LogP contribution < -0.4 is 0 Å². The summed E-state index contributed by atoms with van der Waals surface area (Å²) in [6, 6.07) is 0. The highest BCUT2D eigenvalue weighted by Crippen LogP contribution is 2.28. The largest absolute Gasteiger partial charge is 0.297 e. The summed E-state index contributed by atoms with van der Waals surface area (Å²) in [6.07, 6.45) is 2.36. The van der Waals surface area contributed by atoms with Crippen LogP contribution in [-0.2, 0) is 13.0 Å². The average molecular weight is 242 g/mol. The molecule has 0 aromatic carbocycles. The maximum absolute atomic E-state index is 4.75. The predicted molar refractivity (Wildman–Crippen MR) is 69.8 cm³/mol. The van der Waals surface area contributed by atoms with E-state index in [1.54, 1.807) is 0 Å². The molecule has 0 aliphatic carbocycles. The lowest BCUT2D eigenvalue weighted by Gasteiger charge is -2.24. The van der Waals surface area contributed by atoms with Crippen LogP contribution in [0.4, 0.5) is 0 Å². The van der Waals surface area contributed by atoms with Crippen molar-refractivity contribution in [2.45, 2.75) is 32.7 Å². The van der Waals surface area contributed by atoms with Crippen molar-refractivity contribution in [3.63, 3.8) is 0 Å². The van der Waals surface area contributed by atoms with Crippen LogP contribution in [0.3, 0.4) is 0 Å². The Bertz CT molecular complexity index is 335. The smallest absolute Gasteiger partial charge is 0.0957 e. The number of fused-ring (bicyclic) bond motifs is 1. The molecule has 84 valence electrons. The predicted octanol–water partition coefficient (Wildman–Crippen LogP) is 2.50. The maximum atomic E-state index is 4.75. The van der Waals surface area contributed by atoms with E-state index in [9.17, 15) is 0 Å². The topological polar surface area (TPSA) is 16.1 Å². The van der Waals surface area contributed by atoms with Gasteiger partial charge in [0.1, 0.15) is 0 Å². The van der Waals surface area contributed by atoms with E-state index < -0.39 is 0 Å². The molecule has 4 heteroatoms. The average Bonchev–Trinajstić information content (AvgIpc) is 2.61. The minimum atomic E-state index is 0.579. The van der Waals surface area contributed by atoms with Crippen molar-refractivity contribution in [1.29, 1.82) is 0 Å². The standard InChI is InChI=1S/C11H19N2PS/c1-8(2)11-12-9-7-13(5-6-14)4-3-10(9)15-11/h8H,3-7,14H2,1-2H3.